The number of rotatable bonds is 10. The van der Waals surface area contributed by atoms with Crippen LogP contribution in [0.5, 0.6) is 17.4 Å². The fourth-order valence-corrected chi connectivity index (χ4v) is 2.97. The molecule has 0 N–H and O–H groups in total. The van der Waals surface area contributed by atoms with E-state index in [1.807, 2.05) is 6.92 Å². The van der Waals surface area contributed by atoms with E-state index in [-0.39, 0.29) is 0 Å². The predicted octanol–water partition coefficient (Wildman–Crippen LogP) is 5.13. The number of halogens is 1. The molecule has 0 bridgehead atoms. The molecule has 0 aliphatic heterocycles. The second-order valence-electron chi connectivity index (χ2n) is 6.84. The van der Waals surface area contributed by atoms with Crippen LogP contribution in [0.4, 0.5) is 0 Å². The second kappa shape index (κ2) is 11.1. The Balaban J connectivity index is 1.53. The number of aromatic nitrogens is 2. The van der Waals surface area contributed by atoms with E-state index in [1.54, 1.807) is 63.2 Å². The van der Waals surface area contributed by atoms with E-state index in [0.717, 1.165) is 0 Å². The standard InChI is InChI=1S/C23H25ClN2O6/c1-5-28-15(3)30-16(4)31-23(27)14(2)29-18-7-9-19(10-8-18)32-22-13-25-21-12-17(24)6-11-20(21)26-22/h6-16H,5H2,1-4H3. The first-order valence-electron chi connectivity index (χ1n) is 10.2. The van der Waals surface area contributed by atoms with Gasteiger partial charge in [0.15, 0.2) is 12.4 Å². The van der Waals surface area contributed by atoms with Gasteiger partial charge in [0.2, 0.25) is 12.2 Å². The molecule has 3 atom stereocenters. The summed E-state index contributed by atoms with van der Waals surface area (Å²) in [5.41, 5.74) is 1.36. The number of hydrogen-bond acceptors (Lipinski definition) is 8. The molecule has 0 spiro atoms. The molecular formula is C23H25ClN2O6. The van der Waals surface area contributed by atoms with Crippen LogP contribution in [0.1, 0.15) is 27.7 Å². The van der Waals surface area contributed by atoms with Crippen molar-refractivity contribution in [3.05, 3.63) is 53.7 Å². The van der Waals surface area contributed by atoms with Crippen molar-refractivity contribution in [2.75, 3.05) is 6.61 Å². The minimum Gasteiger partial charge on any atom is -0.479 e. The Morgan fingerprint density at radius 3 is 2.44 bits per heavy atom. The molecule has 9 heteroatoms. The van der Waals surface area contributed by atoms with E-state index in [2.05, 4.69) is 9.97 Å². The molecule has 0 radical (unpaired) electrons. The first kappa shape index (κ1) is 23.7. The molecule has 170 valence electrons. The van der Waals surface area contributed by atoms with Gasteiger partial charge in [-0.2, -0.15) is 0 Å². The summed E-state index contributed by atoms with van der Waals surface area (Å²) in [4.78, 5) is 20.9. The van der Waals surface area contributed by atoms with Crippen LogP contribution in [0.2, 0.25) is 5.02 Å². The molecule has 0 saturated heterocycles. The van der Waals surface area contributed by atoms with Gasteiger partial charge in [0.05, 0.1) is 17.2 Å². The fraction of sp³-hybridized carbons (Fsp3) is 0.348. The maximum absolute atomic E-state index is 12.2. The van der Waals surface area contributed by atoms with Crippen molar-refractivity contribution in [1.29, 1.82) is 0 Å². The molecule has 2 aromatic carbocycles. The quantitative estimate of drug-likeness (QED) is 0.304. The average Bonchev–Trinajstić information content (AvgIpc) is 2.75. The number of hydrogen-bond donors (Lipinski definition) is 0. The van der Waals surface area contributed by atoms with E-state index >= 15 is 0 Å². The Kier molecular flexibility index (Phi) is 8.21. The van der Waals surface area contributed by atoms with Crippen molar-refractivity contribution in [1.82, 2.24) is 9.97 Å². The van der Waals surface area contributed by atoms with E-state index in [1.165, 1.54) is 6.20 Å². The number of ether oxygens (including phenoxy) is 5. The molecule has 3 unspecified atom stereocenters. The van der Waals surface area contributed by atoms with Gasteiger partial charge in [-0.15, -0.1) is 0 Å². The van der Waals surface area contributed by atoms with Crippen LogP contribution in [-0.4, -0.2) is 41.2 Å². The zero-order chi connectivity index (χ0) is 23.1. The predicted molar refractivity (Wildman–Crippen MR) is 119 cm³/mol. The average molecular weight is 461 g/mol. The van der Waals surface area contributed by atoms with Crippen molar-refractivity contribution >= 4 is 28.6 Å². The Morgan fingerprint density at radius 2 is 1.72 bits per heavy atom. The van der Waals surface area contributed by atoms with Crippen LogP contribution in [-0.2, 0) is 19.0 Å². The van der Waals surface area contributed by atoms with Crippen LogP contribution in [0.15, 0.2) is 48.7 Å². The van der Waals surface area contributed by atoms with E-state index in [0.29, 0.717) is 40.0 Å². The fourth-order valence-electron chi connectivity index (χ4n) is 2.81. The Morgan fingerprint density at radius 1 is 1.00 bits per heavy atom. The van der Waals surface area contributed by atoms with Crippen molar-refractivity contribution in [3.8, 4) is 17.4 Å². The van der Waals surface area contributed by atoms with Gasteiger partial charge < -0.3 is 23.7 Å². The maximum atomic E-state index is 12.2. The molecule has 3 rings (SSSR count). The summed E-state index contributed by atoms with van der Waals surface area (Å²) in [5, 5.41) is 0.594. The zero-order valence-electron chi connectivity index (χ0n) is 18.3. The topological polar surface area (TPSA) is 89.0 Å². The van der Waals surface area contributed by atoms with Crippen molar-refractivity contribution < 1.29 is 28.5 Å². The van der Waals surface area contributed by atoms with Gasteiger partial charge in [0, 0.05) is 11.6 Å². The van der Waals surface area contributed by atoms with Crippen LogP contribution in [0.3, 0.4) is 0 Å². The Labute approximate surface area is 191 Å². The normalized spacial score (nSPS) is 13.9. The van der Waals surface area contributed by atoms with Crippen molar-refractivity contribution in [3.63, 3.8) is 0 Å². The summed E-state index contributed by atoms with van der Waals surface area (Å²) >= 11 is 5.96. The minimum atomic E-state index is -0.826. The third kappa shape index (κ3) is 6.78. The summed E-state index contributed by atoms with van der Waals surface area (Å²) in [7, 11) is 0. The molecule has 0 fully saturated rings. The van der Waals surface area contributed by atoms with Gasteiger partial charge in [-0.05, 0) is 70.2 Å². The van der Waals surface area contributed by atoms with Crippen LogP contribution >= 0.6 is 11.6 Å². The highest BCUT2D eigenvalue weighted by molar-refractivity contribution is 6.31. The largest absolute Gasteiger partial charge is 0.479 e. The summed E-state index contributed by atoms with van der Waals surface area (Å²) < 4.78 is 27.3. The molecule has 0 amide bonds. The SMILES string of the molecule is CCOC(C)OC(C)OC(=O)C(C)Oc1ccc(Oc2cnc3cc(Cl)ccc3n2)cc1. The van der Waals surface area contributed by atoms with E-state index < -0.39 is 24.7 Å². The molecule has 1 aromatic heterocycles. The molecule has 0 aliphatic rings. The minimum absolute atomic E-state index is 0.348. The maximum Gasteiger partial charge on any atom is 0.349 e. The number of carbonyl (C=O) groups is 1. The van der Waals surface area contributed by atoms with Gasteiger partial charge in [-0.25, -0.2) is 14.8 Å². The smallest absolute Gasteiger partial charge is 0.349 e. The number of carbonyl (C=O) groups excluding carboxylic acids is 1. The lowest BCUT2D eigenvalue weighted by Crippen LogP contribution is -2.32. The van der Waals surface area contributed by atoms with Crippen LogP contribution in [0, 0.1) is 0 Å². The zero-order valence-corrected chi connectivity index (χ0v) is 19.0. The lowest BCUT2D eigenvalue weighted by Gasteiger charge is -2.21. The molecule has 0 saturated carbocycles. The van der Waals surface area contributed by atoms with Gasteiger partial charge in [0.25, 0.3) is 0 Å². The molecule has 0 aliphatic carbocycles. The number of benzene rings is 2. The van der Waals surface area contributed by atoms with Crippen LogP contribution < -0.4 is 9.47 Å². The van der Waals surface area contributed by atoms with E-state index in [9.17, 15) is 4.79 Å². The molecule has 32 heavy (non-hydrogen) atoms. The summed E-state index contributed by atoms with van der Waals surface area (Å²) in [6.45, 7) is 7.31. The molecular weight excluding hydrogens is 436 g/mol. The highest BCUT2D eigenvalue weighted by Gasteiger charge is 2.21. The second-order valence-corrected chi connectivity index (χ2v) is 7.27. The summed E-state index contributed by atoms with van der Waals surface area (Å²) in [6.07, 6.45) is -0.536. The highest BCUT2D eigenvalue weighted by Crippen LogP contribution is 2.25. The molecule has 8 nitrogen and oxygen atoms in total. The van der Waals surface area contributed by atoms with Crippen molar-refractivity contribution in [2.24, 2.45) is 0 Å². The highest BCUT2D eigenvalue weighted by atomic mass is 35.5. The molecule has 3 aromatic rings. The Hall–Kier alpha value is -2.94. The number of fused-ring (bicyclic) bond motifs is 1. The van der Waals surface area contributed by atoms with Gasteiger partial charge in [-0.3, -0.25) is 0 Å². The summed E-state index contributed by atoms with van der Waals surface area (Å²) in [6, 6.07) is 12.0. The van der Waals surface area contributed by atoms with Crippen molar-refractivity contribution in [2.45, 2.75) is 46.4 Å². The Bertz CT molecular complexity index is 1050. The van der Waals surface area contributed by atoms with E-state index in [4.69, 9.17) is 35.3 Å². The third-order valence-corrected chi connectivity index (χ3v) is 4.47. The molecule has 1 heterocycles. The lowest BCUT2D eigenvalue weighted by atomic mass is 10.3. The first-order valence-corrected chi connectivity index (χ1v) is 10.6. The first-order chi connectivity index (χ1) is 15.3. The third-order valence-electron chi connectivity index (χ3n) is 4.24. The van der Waals surface area contributed by atoms with Crippen LogP contribution in [0.25, 0.3) is 11.0 Å². The summed E-state index contributed by atoms with van der Waals surface area (Å²) in [5.74, 6) is 0.827. The number of nitrogens with zero attached hydrogens (tertiary/aromatic N) is 2. The van der Waals surface area contributed by atoms with Gasteiger partial charge in [-0.1, -0.05) is 11.6 Å². The number of esters is 1. The monoisotopic (exact) mass is 460 g/mol. The van der Waals surface area contributed by atoms with Gasteiger partial charge >= 0.3 is 5.97 Å². The lowest BCUT2D eigenvalue weighted by molar-refractivity contribution is -0.231. The van der Waals surface area contributed by atoms with Gasteiger partial charge in [0.1, 0.15) is 11.5 Å².